The van der Waals surface area contributed by atoms with Gasteiger partial charge in [0.2, 0.25) is 0 Å². The minimum Gasteiger partial charge on any atom is -0.392 e. The molecule has 0 spiro atoms. The predicted molar refractivity (Wildman–Crippen MR) is 69.4 cm³/mol. The van der Waals surface area contributed by atoms with E-state index in [1.165, 1.54) is 6.42 Å². The van der Waals surface area contributed by atoms with Crippen molar-refractivity contribution in [3.8, 4) is 0 Å². The third-order valence-electron chi connectivity index (χ3n) is 2.99. The summed E-state index contributed by atoms with van der Waals surface area (Å²) >= 11 is 0. The highest BCUT2D eigenvalue weighted by molar-refractivity contribution is 5.12. The number of aliphatic hydroxyl groups excluding tert-OH is 1. The summed E-state index contributed by atoms with van der Waals surface area (Å²) in [6.45, 7) is 2.35. The molecule has 5 nitrogen and oxygen atoms in total. The lowest BCUT2D eigenvalue weighted by atomic mass is 10.2. The highest BCUT2D eigenvalue weighted by atomic mass is 16.7. The van der Waals surface area contributed by atoms with Crippen molar-refractivity contribution in [1.29, 1.82) is 0 Å². The number of ether oxygens (including phenoxy) is 3. The quantitative estimate of drug-likeness (QED) is 0.761. The van der Waals surface area contributed by atoms with E-state index in [9.17, 15) is 0 Å². The summed E-state index contributed by atoms with van der Waals surface area (Å²) in [6.07, 6.45) is 4.88. The van der Waals surface area contributed by atoms with E-state index in [0.29, 0.717) is 19.8 Å². The minimum absolute atomic E-state index is 0.0172. The van der Waals surface area contributed by atoms with Crippen molar-refractivity contribution in [3.05, 3.63) is 29.6 Å². The highest BCUT2D eigenvalue weighted by Gasteiger charge is 2.13. The number of aromatic nitrogens is 1. The van der Waals surface area contributed by atoms with Crippen LogP contribution in [0.15, 0.2) is 18.3 Å². The molecule has 2 rings (SSSR count). The van der Waals surface area contributed by atoms with Crippen LogP contribution in [0.4, 0.5) is 0 Å². The lowest BCUT2D eigenvalue weighted by molar-refractivity contribution is -0.169. The van der Waals surface area contributed by atoms with E-state index >= 15 is 0 Å². The molecular weight excluding hydrogens is 246 g/mol. The van der Waals surface area contributed by atoms with Crippen LogP contribution in [0.5, 0.6) is 0 Å². The van der Waals surface area contributed by atoms with Gasteiger partial charge in [0.15, 0.2) is 6.29 Å². The average molecular weight is 267 g/mol. The molecule has 1 aliphatic rings. The Kier molecular flexibility index (Phi) is 6.23. The van der Waals surface area contributed by atoms with Crippen molar-refractivity contribution in [2.45, 2.75) is 38.8 Å². The first-order valence-electron chi connectivity index (χ1n) is 6.74. The molecule has 1 N–H and O–H groups in total. The summed E-state index contributed by atoms with van der Waals surface area (Å²) in [6, 6.07) is 3.70. The van der Waals surface area contributed by atoms with Crippen molar-refractivity contribution in [1.82, 2.24) is 4.98 Å². The molecule has 5 heteroatoms. The van der Waals surface area contributed by atoms with E-state index in [0.717, 1.165) is 30.7 Å². The Balaban J connectivity index is 1.55. The van der Waals surface area contributed by atoms with Gasteiger partial charge in [-0.1, -0.05) is 6.07 Å². The third kappa shape index (κ3) is 5.24. The second kappa shape index (κ2) is 8.22. The monoisotopic (exact) mass is 267 g/mol. The van der Waals surface area contributed by atoms with Crippen LogP contribution in [-0.2, 0) is 27.4 Å². The van der Waals surface area contributed by atoms with Gasteiger partial charge in [-0.05, 0) is 30.9 Å². The maximum atomic E-state index is 8.90. The molecule has 1 aliphatic heterocycles. The van der Waals surface area contributed by atoms with Gasteiger partial charge in [-0.3, -0.25) is 4.98 Å². The van der Waals surface area contributed by atoms with Crippen molar-refractivity contribution in [2.75, 3.05) is 19.8 Å². The Labute approximate surface area is 113 Å². The van der Waals surface area contributed by atoms with Gasteiger partial charge < -0.3 is 19.3 Å². The van der Waals surface area contributed by atoms with Crippen molar-refractivity contribution < 1.29 is 19.3 Å². The lowest BCUT2D eigenvalue weighted by Crippen LogP contribution is -2.23. The van der Waals surface area contributed by atoms with Gasteiger partial charge >= 0.3 is 0 Å². The standard InChI is InChI=1S/C14H21NO4/c16-10-12-4-5-13(15-9-12)11-17-7-8-19-14-3-1-2-6-18-14/h4-5,9,14,16H,1-3,6-8,10-11H2. The fourth-order valence-corrected chi connectivity index (χ4v) is 1.89. The first-order chi connectivity index (χ1) is 9.38. The SMILES string of the molecule is OCc1ccc(COCCOC2CCCCO2)nc1. The summed E-state index contributed by atoms with van der Waals surface area (Å²) in [7, 11) is 0. The average Bonchev–Trinajstić information content (AvgIpc) is 2.49. The first kappa shape index (κ1) is 14.4. The molecule has 1 atom stereocenters. The zero-order valence-electron chi connectivity index (χ0n) is 11.1. The molecule has 1 unspecified atom stereocenters. The summed E-state index contributed by atoms with van der Waals surface area (Å²) in [5.41, 5.74) is 1.66. The van der Waals surface area contributed by atoms with Gasteiger partial charge in [-0.15, -0.1) is 0 Å². The van der Waals surface area contributed by atoms with Crippen LogP contribution in [0.3, 0.4) is 0 Å². The van der Waals surface area contributed by atoms with E-state index in [2.05, 4.69) is 4.98 Å². The van der Waals surface area contributed by atoms with Crippen LogP contribution in [-0.4, -0.2) is 36.2 Å². The molecule has 1 fully saturated rings. The van der Waals surface area contributed by atoms with Crippen molar-refractivity contribution in [3.63, 3.8) is 0 Å². The summed E-state index contributed by atoms with van der Waals surface area (Å²) < 4.78 is 16.5. The Bertz CT molecular complexity index is 349. The van der Waals surface area contributed by atoms with Crippen LogP contribution >= 0.6 is 0 Å². The summed E-state index contributed by atoms with van der Waals surface area (Å²) in [4.78, 5) is 4.19. The smallest absolute Gasteiger partial charge is 0.157 e. The molecule has 0 aromatic carbocycles. The molecule has 0 radical (unpaired) electrons. The molecule has 1 aromatic heterocycles. The molecule has 2 heterocycles. The first-order valence-corrected chi connectivity index (χ1v) is 6.74. The van der Waals surface area contributed by atoms with Crippen LogP contribution in [0.25, 0.3) is 0 Å². The molecule has 106 valence electrons. The number of hydrogen-bond acceptors (Lipinski definition) is 5. The summed E-state index contributed by atoms with van der Waals surface area (Å²) in [5, 5.41) is 8.90. The van der Waals surface area contributed by atoms with E-state index in [1.54, 1.807) is 6.20 Å². The molecule has 0 saturated carbocycles. The zero-order chi connectivity index (χ0) is 13.3. The number of aliphatic hydroxyl groups is 1. The molecule has 0 bridgehead atoms. The van der Waals surface area contributed by atoms with Gasteiger partial charge in [-0.2, -0.15) is 0 Å². The van der Waals surface area contributed by atoms with Crippen LogP contribution in [0, 0.1) is 0 Å². The minimum atomic E-state index is -0.0562. The third-order valence-corrected chi connectivity index (χ3v) is 2.99. The van der Waals surface area contributed by atoms with Gasteiger partial charge in [0.1, 0.15) is 0 Å². The van der Waals surface area contributed by atoms with Gasteiger partial charge in [0.05, 0.1) is 32.1 Å². The van der Waals surface area contributed by atoms with Gasteiger partial charge in [0.25, 0.3) is 0 Å². The zero-order valence-corrected chi connectivity index (χ0v) is 11.1. The topological polar surface area (TPSA) is 60.8 Å². The van der Waals surface area contributed by atoms with E-state index in [1.807, 2.05) is 12.1 Å². The number of rotatable bonds is 7. The van der Waals surface area contributed by atoms with E-state index in [4.69, 9.17) is 19.3 Å². The molecule has 19 heavy (non-hydrogen) atoms. The fourth-order valence-electron chi connectivity index (χ4n) is 1.89. The number of hydrogen-bond donors (Lipinski definition) is 1. The van der Waals surface area contributed by atoms with Crippen molar-refractivity contribution >= 4 is 0 Å². The molecule has 0 aliphatic carbocycles. The second-order valence-electron chi connectivity index (χ2n) is 4.54. The molecule has 1 saturated heterocycles. The maximum Gasteiger partial charge on any atom is 0.157 e. The van der Waals surface area contributed by atoms with Crippen molar-refractivity contribution in [2.24, 2.45) is 0 Å². The second-order valence-corrected chi connectivity index (χ2v) is 4.54. The fraction of sp³-hybridized carbons (Fsp3) is 0.643. The Morgan fingerprint density at radius 2 is 2.26 bits per heavy atom. The molecule has 0 amide bonds. The predicted octanol–water partition coefficient (Wildman–Crippen LogP) is 1.63. The largest absolute Gasteiger partial charge is 0.392 e. The lowest BCUT2D eigenvalue weighted by Gasteiger charge is -2.22. The maximum absolute atomic E-state index is 8.90. The van der Waals surface area contributed by atoms with E-state index in [-0.39, 0.29) is 12.9 Å². The normalized spacial score (nSPS) is 19.5. The summed E-state index contributed by atoms with van der Waals surface area (Å²) in [5.74, 6) is 0. The van der Waals surface area contributed by atoms with Crippen LogP contribution in [0.1, 0.15) is 30.5 Å². The number of nitrogens with zero attached hydrogens (tertiary/aromatic N) is 1. The highest BCUT2D eigenvalue weighted by Crippen LogP contribution is 2.13. The van der Waals surface area contributed by atoms with Crippen LogP contribution in [0.2, 0.25) is 0 Å². The van der Waals surface area contributed by atoms with Gasteiger partial charge in [0, 0.05) is 12.8 Å². The Morgan fingerprint density at radius 3 is 2.95 bits per heavy atom. The van der Waals surface area contributed by atoms with Gasteiger partial charge in [-0.25, -0.2) is 0 Å². The Hall–Kier alpha value is -1.01. The number of pyridine rings is 1. The molecular formula is C14H21NO4. The molecule has 1 aromatic rings. The van der Waals surface area contributed by atoms with Crippen LogP contribution < -0.4 is 0 Å². The Morgan fingerprint density at radius 1 is 1.32 bits per heavy atom. The van der Waals surface area contributed by atoms with E-state index < -0.39 is 0 Å².